The van der Waals surface area contributed by atoms with Crippen LogP contribution in [0.3, 0.4) is 0 Å². The topological polar surface area (TPSA) is 186 Å². The van der Waals surface area contributed by atoms with Crippen molar-refractivity contribution in [2.75, 3.05) is 40.4 Å². The van der Waals surface area contributed by atoms with E-state index in [1.165, 1.54) is 61.0 Å². The SMILES string of the molecule is CO[C@@H]1[C@H]2Cc3ccc(O)cc3[C@]1(C)CCN2CC1CC1.CO[C@@H]1[C@H]2Cc3ccc(O)cc3[C@]1(C)CCN2CC1CC1.O=C([O-])C(O)C(O)C(=O)[O-]. The smallest absolute Gasteiger partial charge is 0.124 e. The number of hydrogen-bond acceptors (Lipinski definition) is 12. The molecule has 2 unspecified atom stereocenters. The van der Waals surface area contributed by atoms with Crippen LogP contribution in [0, 0.1) is 11.8 Å². The van der Waals surface area contributed by atoms with Crippen molar-refractivity contribution in [2.24, 2.45) is 11.8 Å². The number of aliphatic hydroxyl groups is 2. The highest BCUT2D eigenvalue weighted by molar-refractivity contribution is 5.80. The summed E-state index contributed by atoms with van der Waals surface area (Å²) in [5.41, 5.74) is 5.47. The lowest BCUT2D eigenvalue weighted by molar-refractivity contribution is -0.333. The van der Waals surface area contributed by atoms with Crippen LogP contribution in [0.5, 0.6) is 11.5 Å². The first-order valence-electron chi connectivity index (χ1n) is 18.7. The molecule has 2 saturated heterocycles. The fourth-order valence-electron chi connectivity index (χ4n) is 9.46. The average Bonchev–Trinajstić information content (AvgIpc) is 4.05. The number of hydrogen-bond donors (Lipinski definition) is 4. The summed E-state index contributed by atoms with van der Waals surface area (Å²) < 4.78 is 11.9. The molecule has 0 aromatic heterocycles. The van der Waals surface area contributed by atoms with E-state index in [-0.39, 0.29) is 23.0 Å². The van der Waals surface area contributed by atoms with E-state index in [1.54, 1.807) is 0 Å². The van der Waals surface area contributed by atoms with Gasteiger partial charge < -0.3 is 49.7 Å². The van der Waals surface area contributed by atoms with Crippen LogP contribution >= 0.6 is 0 Å². The molecule has 0 radical (unpaired) electrons. The molecule has 8 atom stereocenters. The Balaban J connectivity index is 0.000000144. The van der Waals surface area contributed by atoms with Gasteiger partial charge >= 0.3 is 0 Å². The summed E-state index contributed by atoms with van der Waals surface area (Å²) >= 11 is 0. The third-order valence-electron chi connectivity index (χ3n) is 12.7. The molecule has 0 spiro atoms. The third-order valence-corrected chi connectivity index (χ3v) is 12.7. The van der Waals surface area contributed by atoms with E-state index >= 15 is 0 Å². The highest BCUT2D eigenvalue weighted by atomic mass is 16.5. The molecule has 2 saturated carbocycles. The van der Waals surface area contributed by atoms with Crippen LogP contribution in [0.4, 0.5) is 0 Å². The number of fused-ring (bicyclic) bond motifs is 8. The largest absolute Gasteiger partial charge is 0.547 e. The summed E-state index contributed by atoms with van der Waals surface area (Å²) in [5, 5.41) is 55.5. The maximum Gasteiger partial charge on any atom is 0.124 e. The van der Waals surface area contributed by atoms with Gasteiger partial charge in [0.2, 0.25) is 0 Å². The number of carbonyl (C=O) groups is 2. The number of aliphatic carboxylic acids is 2. The van der Waals surface area contributed by atoms with E-state index in [1.807, 2.05) is 38.5 Å². The van der Waals surface area contributed by atoms with Gasteiger partial charge in [0.05, 0.1) is 24.1 Å². The molecule has 12 nitrogen and oxygen atoms in total. The van der Waals surface area contributed by atoms with E-state index in [4.69, 9.17) is 19.7 Å². The van der Waals surface area contributed by atoms with Crippen LogP contribution in [-0.4, -0.2) is 119 Å². The second-order valence-corrected chi connectivity index (χ2v) is 16.3. The number of aliphatic hydroxyl groups excluding tert-OH is 2. The highest BCUT2D eigenvalue weighted by Crippen LogP contribution is 2.49. The first-order chi connectivity index (χ1) is 24.7. The minimum Gasteiger partial charge on any atom is -0.547 e. The van der Waals surface area contributed by atoms with E-state index in [0.29, 0.717) is 23.6 Å². The number of carboxylic acids is 2. The van der Waals surface area contributed by atoms with E-state index in [0.717, 1.165) is 50.6 Å². The maximum atomic E-state index is 9.89. The van der Waals surface area contributed by atoms with Gasteiger partial charge in [-0.1, -0.05) is 26.0 Å². The van der Waals surface area contributed by atoms with Crippen molar-refractivity contribution in [2.45, 2.75) is 113 Å². The zero-order chi connectivity index (χ0) is 37.5. The molecule has 8 rings (SSSR count). The lowest BCUT2D eigenvalue weighted by atomic mass is 9.63. The Bertz CT molecular complexity index is 1500. The summed E-state index contributed by atoms with van der Waals surface area (Å²) in [6, 6.07) is 12.8. The number of carbonyl (C=O) groups excluding carboxylic acids is 2. The monoisotopic (exact) mass is 722 g/mol. The van der Waals surface area contributed by atoms with Crippen molar-refractivity contribution in [3.63, 3.8) is 0 Å². The van der Waals surface area contributed by atoms with Gasteiger partial charge in [0.25, 0.3) is 0 Å². The van der Waals surface area contributed by atoms with Crippen LogP contribution in [0.1, 0.15) is 74.6 Å². The number of phenols is 2. The van der Waals surface area contributed by atoms with Crippen molar-refractivity contribution in [1.82, 2.24) is 9.80 Å². The minimum atomic E-state index is -2.44. The summed E-state index contributed by atoms with van der Waals surface area (Å²) in [5.74, 6) is -1.51. The Labute approximate surface area is 306 Å². The standard InChI is InChI=1S/2C18H25NO2.C4H6O6/c2*1-18-7-8-19(11-12-3-4-12)16(17(18)21-2)9-13-5-6-14(20)10-15(13)18;5-1(3(7)8)2(6)4(9)10/h2*5-6,10,12,16-17,20H,3-4,7-9,11H2,1-2H3;1-2,5-6H,(H,7,8)(H,9,10)/p-2/t2*16-,17-,18+;/m11./s1. The molecular formula is C40H54N2O10-2. The molecule has 0 amide bonds. The zero-order valence-electron chi connectivity index (χ0n) is 30.7. The van der Waals surface area contributed by atoms with Crippen LogP contribution in [0.25, 0.3) is 0 Å². The van der Waals surface area contributed by atoms with Gasteiger partial charge in [-0.2, -0.15) is 0 Å². The molecule has 4 N–H and O–H groups in total. The summed E-state index contributed by atoms with van der Waals surface area (Å²) in [6.07, 6.45) is 5.55. The van der Waals surface area contributed by atoms with Crippen LogP contribution in [0.2, 0.25) is 0 Å². The summed E-state index contributed by atoms with van der Waals surface area (Å²) in [6.45, 7) is 9.45. The number of piperidine rings is 2. The molecular weight excluding hydrogens is 668 g/mol. The van der Waals surface area contributed by atoms with E-state index < -0.39 is 24.1 Å². The molecule has 12 heteroatoms. The summed E-state index contributed by atoms with van der Waals surface area (Å²) in [7, 11) is 3.70. The molecule has 286 valence electrons. The molecule has 2 aromatic carbocycles. The Kier molecular flexibility index (Phi) is 11.3. The lowest BCUT2D eigenvalue weighted by Gasteiger charge is -2.54. The number of benzene rings is 2. The number of rotatable bonds is 9. The second kappa shape index (κ2) is 15.2. The van der Waals surface area contributed by atoms with Crippen molar-refractivity contribution in [1.29, 1.82) is 0 Å². The van der Waals surface area contributed by atoms with Gasteiger partial charge in [-0.15, -0.1) is 0 Å². The second-order valence-electron chi connectivity index (χ2n) is 16.3. The van der Waals surface area contributed by atoms with Crippen molar-refractivity contribution in [3.8, 4) is 11.5 Å². The Morgan fingerprint density at radius 3 is 1.40 bits per heavy atom. The first kappa shape index (κ1) is 38.5. The van der Waals surface area contributed by atoms with Gasteiger partial charge in [-0.05, 0) is 123 Å². The number of ether oxygens (including phenoxy) is 2. The number of phenolic OH excluding ortho intramolecular Hbond substituents is 2. The molecule has 4 fully saturated rings. The van der Waals surface area contributed by atoms with Crippen molar-refractivity contribution in [3.05, 3.63) is 58.7 Å². The average molecular weight is 723 g/mol. The number of likely N-dealkylation sites (tertiary alicyclic amines) is 2. The Morgan fingerprint density at radius 2 is 1.10 bits per heavy atom. The Hall–Kier alpha value is -3.26. The minimum absolute atomic E-state index is 0.0335. The molecule has 2 aliphatic heterocycles. The molecule has 6 aliphatic rings. The van der Waals surface area contributed by atoms with Crippen LogP contribution in [-0.2, 0) is 42.7 Å². The molecule has 2 aromatic rings. The normalized spacial score (nSPS) is 31.7. The number of aromatic hydroxyl groups is 2. The zero-order valence-corrected chi connectivity index (χ0v) is 30.7. The van der Waals surface area contributed by atoms with Gasteiger partial charge in [-0.25, -0.2) is 0 Å². The van der Waals surface area contributed by atoms with Crippen LogP contribution < -0.4 is 10.2 Å². The Morgan fingerprint density at radius 1 is 0.731 bits per heavy atom. The molecule has 2 heterocycles. The van der Waals surface area contributed by atoms with E-state index in [2.05, 4.69) is 35.8 Å². The predicted molar refractivity (Wildman–Crippen MR) is 187 cm³/mol. The predicted octanol–water partition coefficient (Wildman–Crippen LogP) is 0.619. The number of carboxylic acid groups (broad SMARTS) is 2. The fourth-order valence-corrected chi connectivity index (χ4v) is 9.46. The van der Waals surface area contributed by atoms with Gasteiger partial charge in [0, 0.05) is 50.2 Å². The fraction of sp³-hybridized carbons (Fsp3) is 0.650. The molecule has 4 aliphatic carbocycles. The first-order valence-corrected chi connectivity index (χ1v) is 18.7. The number of nitrogens with zero attached hydrogens (tertiary/aromatic N) is 2. The molecule has 4 bridgehead atoms. The van der Waals surface area contributed by atoms with Gasteiger partial charge in [0.15, 0.2) is 0 Å². The van der Waals surface area contributed by atoms with Crippen LogP contribution in [0.15, 0.2) is 36.4 Å². The van der Waals surface area contributed by atoms with Gasteiger partial charge in [-0.3, -0.25) is 9.80 Å². The van der Waals surface area contributed by atoms with Crippen molar-refractivity contribution >= 4 is 11.9 Å². The third kappa shape index (κ3) is 7.69. The van der Waals surface area contributed by atoms with Gasteiger partial charge in [0.1, 0.15) is 23.7 Å². The van der Waals surface area contributed by atoms with E-state index in [9.17, 15) is 30.0 Å². The molecule has 52 heavy (non-hydrogen) atoms. The quantitative estimate of drug-likeness (QED) is 0.283. The lowest BCUT2D eigenvalue weighted by Crippen LogP contribution is -2.63. The maximum absolute atomic E-state index is 9.89. The number of methoxy groups -OCH3 is 2. The van der Waals surface area contributed by atoms with Crippen molar-refractivity contribution < 1.29 is 49.7 Å². The summed E-state index contributed by atoms with van der Waals surface area (Å²) in [4.78, 5) is 24.6. The highest BCUT2D eigenvalue weighted by Gasteiger charge is 2.53.